The number of aromatic nitrogens is 1. The van der Waals surface area contributed by atoms with Crippen LogP contribution in [-0.2, 0) is 23.7 Å². The first-order valence-corrected chi connectivity index (χ1v) is 8.65. The number of aliphatic hydroxyl groups excluding tert-OH is 1. The van der Waals surface area contributed by atoms with Crippen molar-refractivity contribution in [2.45, 2.75) is 25.8 Å². The van der Waals surface area contributed by atoms with E-state index in [0.717, 1.165) is 27.6 Å². The van der Waals surface area contributed by atoms with Crippen LogP contribution in [0.2, 0.25) is 0 Å². The van der Waals surface area contributed by atoms with E-state index in [1.165, 1.54) is 0 Å². The summed E-state index contributed by atoms with van der Waals surface area (Å²) >= 11 is 3.19. The molecule has 0 saturated heterocycles. The van der Waals surface area contributed by atoms with E-state index in [0.29, 0.717) is 12.3 Å². The molecule has 2 N–H and O–H groups in total. The van der Waals surface area contributed by atoms with Crippen LogP contribution in [-0.4, -0.2) is 21.8 Å². The van der Waals surface area contributed by atoms with E-state index in [4.69, 9.17) is 5.11 Å². The summed E-state index contributed by atoms with van der Waals surface area (Å²) in [4.78, 5) is 16.1. The fraction of sp³-hybridized carbons (Fsp3) is 0.333. The Labute approximate surface area is 132 Å². The number of nitrogens with one attached hydrogen (secondary N) is 1. The number of amides is 1. The highest BCUT2D eigenvalue weighted by Crippen LogP contribution is 2.14. The predicted molar refractivity (Wildman–Crippen MR) is 87.2 cm³/mol. The normalized spacial score (nSPS) is 10.6. The molecule has 1 aromatic carbocycles. The quantitative estimate of drug-likeness (QED) is 0.822. The molecule has 0 spiro atoms. The summed E-state index contributed by atoms with van der Waals surface area (Å²) in [5.41, 5.74) is 2.89. The number of rotatable bonds is 7. The third-order valence-corrected chi connectivity index (χ3v) is 4.60. The SMILES string of the molecule is Cc1nc(CSCC(=O)NCc2cccc(CO)c2)cs1. The summed E-state index contributed by atoms with van der Waals surface area (Å²) in [6, 6.07) is 7.57. The van der Waals surface area contributed by atoms with Crippen LogP contribution in [0.4, 0.5) is 0 Å². The van der Waals surface area contributed by atoms with E-state index < -0.39 is 0 Å². The zero-order valence-corrected chi connectivity index (χ0v) is 13.5. The number of aryl methyl sites for hydroxylation is 1. The maximum atomic E-state index is 11.8. The van der Waals surface area contributed by atoms with Crippen LogP contribution in [0.15, 0.2) is 29.6 Å². The van der Waals surface area contributed by atoms with Crippen molar-refractivity contribution in [2.24, 2.45) is 0 Å². The number of carbonyl (C=O) groups excluding carboxylic acids is 1. The average molecular weight is 322 g/mol. The van der Waals surface area contributed by atoms with E-state index in [-0.39, 0.29) is 12.5 Å². The third kappa shape index (κ3) is 5.49. The predicted octanol–water partition coefficient (Wildman–Crippen LogP) is 2.49. The summed E-state index contributed by atoms with van der Waals surface area (Å²) < 4.78 is 0. The minimum Gasteiger partial charge on any atom is -0.392 e. The Bertz CT molecular complexity index is 599. The molecule has 1 aromatic heterocycles. The van der Waals surface area contributed by atoms with Crippen molar-refractivity contribution in [1.82, 2.24) is 10.3 Å². The van der Waals surface area contributed by atoms with Gasteiger partial charge in [0.1, 0.15) is 0 Å². The van der Waals surface area contributed by atoms with E-state index >= 15 is 0 Å². The van der Waals surface area contributed by atoms with Crippen LogP contribution < -0.4 is 5.32 Å². The molecule has 112 valence electrons. The van der Waals surface area contributed by atoms with E-state index in [9.17, 15) is 4.79 Å². The zero-order valence-electron chi connectivity index (χ0n) is 11.8. The van der Waals surface area contributed by atoms with Gasteiger partial charge in [0.25, 0.3) is 0 Å². The molecule has 0 aliphatic carbocycles. The van der Waals surface area contributed by atoms with Gasteiger partial charge < -0.3 is 10.4 Å². The van der Waals surface area contributed by atoms with E-state index in [1.54, 1.807) is 23.1 Å². The Morgan fingerprint density at radius 3 is 2.95 bits per heavy atom. The summed E-state index contributed by atoms with van der Waals surface area (Å²) in [5.74, 6) is 1.20. The van der Waals surface area contributed by atoms with Crippen LogP contribution in [0.1, 0.15) is 21.8 Å². The molecule has 0 aliphatic heterocycles. The minimum atomic E-state index is 0.0151. The number of thiazole rings is 1. The van der Waals surface area contributed by atoms with Crippen LogP contribution in [0.25, 0.3) is 0 Å². The van der Waals surface area contributed by atoms with Gasteiger partial charge in [0.15, 0.2) is 0 Å². The highest BCUT2D eigenvalue weighted by Gasteiger charge is 2.04. The molecule has 1 amide bonds. The monoisotopic (exact) mass is 322 g/mol. The molecular weight excluding hydrogens is 304 g/mol. The van der Waals surface area contributed by atoms with Crippen LogP contribution >= 0.6 is 23.1 Å². The standard InChI is InChI=1S/C15H18N2O2S2/c1-11-17-14(9-21-11)8-20-10-15(19)16-6-12-3-2-4-13(5-12)7-18/h2-5,9,18H,6-8,10H2,1H3,(H,16,19). The van der Waals surface area contributed by atoms with Gasteiger partial charge in [-0.15, -0.1) is 23.1 Å². The second-order valence-electron chi connectivity index (χ2n) is 4.61. The van der Waals surface area contributed by atoms with Crippen molar-refractivity contribution < 1.29 is 9.90 Å². The first-order valence-electron chi connectivity index (χ1n) is 6.61. The Kier molecular flexibility index (Phi) is 6.22. The highest BCUT2D eigenvalue weighted by molar-refractivity contribution is 7.99. The van der Waals surface area contributed by atoms with Gasteiger partial charge in [0.05, 0.1) is 23.1 Å². The molecule has 4 nitrogen and oxygen atoms in total. The molecule has 2 aromatic rings. The molecule has 1 heterocycles. The van der Waals surface area contributed by atoms with Crippen molar-refractivity contribution in [2.75, 3.05) is 5.75 Å². The largest absolute Gasteiger partial charge is 0.392 e. The minimum absolute atomic E-state index is 0.0151. The van der Waals surface area contributed by atoms with Gasteiger partial charge >= 0.3 is 0 Å². The van der Waals surface area contributed by atoms with Gasteiger partial charge in [-0.3, -0.25) is 4.79 Å². The maximum Gasteiger partial charge on any atom is 0.230 e. The summed E-state index contributed by atoms with van der Waals surface area (Å²) in [6.07, 6.45) is 0. The maximum absolute atomic E-state index is 11.8. The zero-order chi connectivity index (χ0) is 15.1. The molecule has 0 radical (unpaired) electrons. The van der Waals surface area contributed by atoms with Gasteiger partial charge in [0, 0.05) is 17.7 Å². The lowest BCUT2D eigenvalue weighted by Gasteiger charge is -2.06. The molecule has 21 heavy (non-hydrogen) atoms. The molecule has 0 aliphatic rings. The van der Waals surface area contributed by atoms with E-state index in [1.807, 2.05) is 36.6 Å². The third-order valence-electron chi connectivity index (χ3n) is 2.81. The number of hydrogen-bond donors (Lipinski definition) is 2. The summed E-state index contributed by atoms with van der Waals surface area (Å²) in [6.45, 7) is 2.49. The first kappa shape index (κ1) is 16.0. The van der Waals surface area contributed by atoms with Gasteiger partial charge in [-0.05, 0) is 18.1 Å². The van der Waals surface area contributed by atoms with Gasteiger partial charge in [0.2, 0.25) is 5.91 Å². The Balaban J connectivity index is 1.69. The first-order chi connectivity index (χ1) is 10.2. The Morgan fingerprint density at radius 2 is 2.24 bits per heavy atom. The van der Waals surface area contributed by atoms with Crippen molar-refractivity contribution in [1.29, 1.82) is 0 Å². The Morgan fingerprint density at radius 1 is 1.43 bits per heavy atom. The van der Waals surface area contributed by atoms with Crippen molar-refractivity contribution in [3.05, 3.63) is 51.5 Å². The molecule has 2 rings (SSSR count). The van der Waals surface area contributed by atoms with Gasteiger partial charge in [-0.2, -0.15) is 0 Å². The molecule has 0 bridgehead atoms. The second-order valence-corrected chi connectivity index (χ2v) is 6.65. The summed E-state index contributed by atoms with van der Waals surface area (Å²) in [5, 5.41) is 15.0. The van der Waals surface area contributed by atoms with Gasteiger partial charge in [-0.25, -0.2) is 4.98 Å². The van der Waals surface area contributed by atoms with Crippen LogP contribution in [0.3, 0.4) is 0 Å². The number of aliphatic hydroxyl groups is 1. The molecule has 0 fully saturated rings. The topological polar surface area (TPSA) is 62.2 Å². The second kappa shape index (κ2) is 8.17. The van der Waals surface area contributed by atoms with Crippen LogP contribution in [0, 0.1) is 6.92 Å². The van der Waals surface area contributed by atoms with E-state index in [2.05, 4.69) is 10.3 Å². The fourth-order valence-corrected chi connectivity index (χ4v) is 3.28. The number of carbonyl (C=O) groups is 1. The van der Waals surface area contributed by atoms with Crippen molar-refractivity contribution in [3.63, 3.8) is 0 Å². The lowest BCUT2D eigenvalue weighted by atomic mass is 10.1. The molecule has 6 heteroatoms. The smallest absolute Gasteiger partial charge is 0.230 e. The highest BCUT2D eigenvalue weighted by atomic mass is 32.2. The molecule has 0 unspecified atom stereocenters. The number of nitrogens with zero attached hydrogens (tertiary/aromatic N) is 1. The lowest BCUT2D eigenvalue weighted by molar-refractivity contribution is -0.118. The molecule has 0 atom stereocenters. The van der Waals surface area contributed by atoms with Crippen molar-refractivity contribution in [3.8, 4) is 0 Å². The Hall–Kier alpha value is -1.37. The number of benzene rings is 1. The number of hydrogen-bond acceptors (Lipinski definition) is 5. The fourth-order valence-electron chi connectivity index (χ4n) is 1.81. The summed E-state index contributed by atoms with van der Waals surface area (Å²) in [7, 11) is 0. The molecular formula is C15H18N2O2S2. The average Bonchev–Trinajstić information content (AvgIpc) is 2.91. The van der Waals surface area contributed by atoms with Crippen LogP contribution in [0.5, 0.6) is 0 Å². The van der Waals surface area contributed by atoms with Crippen molar-refractivity contribution >= 4 is 29.0 Å². The number of thioether (sulfide) groups is 1. The lowest BCUT2D eigenvalue weighted by Crippen LogP contribution is -2.24. The van der Waals surface area contributed by atoms with Gasteiger partial charge in [-0.1, -0.05) is 24.3 Å². The molecule has 0 saturated carbocycles.